The third kappa shape index (κ3) is 3.87. The highest BCUT2D eigenvalue weighted by Crippen LogP contribution is 2.16. The number of ketones is 1. The van der Waals surface area contributed by atoms with Gasteiger partial charge in [0.15, 0.2) is 0 Å². The average molecular weight is 402 g/mol. The van der Waals surface area contributed by atoms with Crippen molar-refractivity contribution < 1.29 is 14.4 Å². The van der Waals surface area contributed by atoms with Crippen LogP contribution in [0.3, 0.4) is 0 Å². The Labute approximate surface area is 174 Å². The van der Waals surface area contributed by atoms with E-state index in [0.717, 1.165) is 5.69 Å². The average Bonchev–Trinajstić information content (AvgIpc) is 3.33. The van der Waals surface area contributed by atoms with Crippen molar-refractivity contribution in [3.63, 3.8) is 0 Å². The molecule has 2 heterocycles. The van der Waals surface area contributed by atoms with Gasteiger partial charge in [0.1, 0.15) is 0 Å². The molecule has 0 N–H and O–H groups in total. The lowest BCUT2D eigenvalue weighted by Crippen LogP contribution is -2.56. The molecule has 2 amide bonds. The molecular formula is C23H22N4O3. The Balaban J connectivity index is 1.41. The highest BCUT2D eigenvalue weighted by molar-refractivity contribution is 6.42. The molecule has 7 nitrogen and oxygen atoms in total. The van der Waals surface area contributed by atoms with Crippen LogP contribution in [0.4, 0.5) is 0 Å². The van der Waals surface area contributed by atoms with Gasteiger partial charge in [-0.25, -0.2) is 4.68 Å². The summed E-state index contributed by atoms with van der Waals surface area (Å²) in [6.07, 6.45) is 3.48. The maximum atomic E-state index is 12.8. The summed E-state index contributed by atoms with van der Waals surface area (Å²) in [6.45, 7) is 2.98. The standard InChI is InChI=1S/C23H22N4O3/c1-17-16-25(22(29)19-6-3-2-4-7-19)14-15-26(17)23(30)21(28)18-8-10-20(11-9-18)27-13-5-12-24-27/h2-13,17H,14-16H2,1H3/t17-/m1/s1. The van der Waals surface area contributed by atoms with E-state index in [1.807, 2.05) is 31.2 Å². The van der Waals surface area contributed by atoms with Crippen LogP contribution in [0.15, 0.2) is 73.1 Å². The number of amides is 2. The first-order valence-corrected chi connectivity index (χ1v) is 9.84. The van der Waals surface area contributed by atoms with Crippen LogP contribution in [0.25, 0.3) is 5.69 Å². The van der Waals surface area contributed by atoms with Gasteiger partial charge in [0.2, 0.25) is 5.78 Å². The molecule has 0 saturated carbocycles. The molecule has 2 aromatic carbocycles. The number of hydrogen-bond acceptors (Lipinski definition) is 4. The minimum absolute atomic E-state index is 0.0601. The fourth-order valence-corrected chi connectivity index (χ4v) is 3.65. The molecule has 0 spiro atoms. The first-order valence-electron chi connectivity index (χ1n) is 9.84. The summed E-state index contributed by atoms with van der Waals surface area (Å²) in [5, 5.41) is 4.15. The molecule has 0 aliphatic carbocycles. The first-order chi connectivity index (χ1) is 14.5. The van der Waals surface area contributed by atoms with Gasteiger partial charge in [-0.2, -0.15) is 5.10 Å². The van der Waals surface area contributed by atoms with Crippen molar-refractivity contribution in [2.24, 2.45) is 0 Å². The lowest BCUT2D eigenvalue weighted by Gasteiger charge is -2.39. The quantitative estimate of drug-likeness (QED) is 0.496. The summed E-state index contributed by atoms with van der Waals surface area (Å²) >= 11 is 0. The summed E-state index contributed by atoms with van der Waals surface area (Å²) in [5.41, 5.74) is 1.77. The zero-order chi connectivity index (χ0) is 21.1. The van der Waals surface area contributed by atoms with Crippen molar-refractivity contribution in [2.75, 3.05) is 19.6 Å². The summed E-state index contributed by atoms with van der Waals surface area (Å²) in [6, 6.07) is 17.4. The molecule has 7 heteroatoms. The van der Waals surface area contributed by atoms with Crippen molar-refractivity contribution >= 4 is 17.6 Å². The predicted octanol–water partition coefficient (Wildman–Crippen LogP) is 2.43. The fourth-order valence-electron chi connectivity index (χ4n) is 3.65. The van der Waals surface area contributed by atoms with Crippen LogP contribution in [-0.2, 0) is 4.79 Å². The Bertz CT molecular complexity index is 1050. The largest absolute Gasteiger partial charge is 0.335 e. The summed E-state index contributed by atoms with van der Waals surface area (Å²) in [5.74, 6) is -1.15. The van der Waals surface area contributed by atoms with Gasteiger partial charge >= 0.3 is 0 Å². The van der Waals surface area contributed by atoms with E-state index in [2.05, 4.69) is 5.10 Å². The topological polar surface area (TPSA) is 75.5 Å². The van der Waals surface area contributed by atoms with Gasteiger partial charge in [-0.05, 0) is 49.4 Å². The second kappa shape index (κ2) is 8.32. The Morgan fingerprint density at radius 2 is 1.63 bits per heavy atom. The van der Waals surface area contributed by atoms with Crippen molar-refractivity contribution in [3.8, 4) is 5.69 Å². The molecule has 1 aliphatic heterocycles. The lowest BCUT2D eigenvalue weighted by atomic mass is 10.1. The third-order valence-electron chi connectivity index (χ3n) is 5.29. The van der Waals surface area contributed by atoms with Crippen LogP contribution in [-0.4, -0.2) is 62.9 Å². The van der Waals surface area contributed by atoms with Crippen LogP contribution in [0.1, 0.15) is 27.6 Å². The predicted molar refractivity (Wildman–Crippen MR) is 111 cm³/mol. The highest BCUT2D eigenvalue weighted by Gasteiger charge is 2.33. The smallest absolute Gasteiger partial charge is 0.295 e. The summed E-state index contributed by atoms with van der Waals surface area (Å²) < 4.78 is 1.68. The van der Waals surface area contributed by atoms with E-state index in [0.29, 0.717) is 30.8 Å². The van der Waals surface area contributed by atoms with Crippen LogP contribution >= 0.6 is 0 Å². The second-order valence-electron chi connectivity index (χ2n) is 7.29. The van der Waals surface area contributed by atoms with Crippen molar-refractivity contribution in [2.45, 2.75) is 13.0 Å². The molecule has 30 heavy (non-hydrogen) atoms. The molecule has 1 fully saturated rings. The monoisotopic (exact) mass is 402 g/mol. The van der Waals surface area contributed by atoms with Crippen molar-refractivity contribution in [1.29, 1.82) is 0 Å². The number of nitrogens with zero attached hydrogens (tertiary/aromatic N) is 4. The number of piperazine rings is 1. The molecule has 1 atom stereocenters. The van der Waals surface area contributed by atoms with E-state index in [9.17, 15) is 14.4 Å². The number of carbonyl (C=O) groups excluding carboxylic acids is 3. The minimum Gasteiger partial charge on any atom is -0.335 e. The Kier molecular flexibility index (Phi) is 5.43. The maximum absolute atomic E-state index is 12.8. The van der Waals surface area contributed by atoms with Gasteiger partial charge in [-0.1, -0.05) is 18.2 Å². The van der Waals surface area contributed by atoms with Gasteiger partial charge in [0.25, 0.3) is 11.8 Å². The third-order valence-corrected chi connectivity index (χ3v) is 5.29. The van der Waals surface area contributed by atoms with Gasteiger partial charge in [-0.3, -0.25) is 14.4 Å². The molecular weight excluding hydrogens is 380 g/mol. The number of aromatic nitrogens is 2. The van der Waals surface area contributed by atoms with Crippen LogP contribution < -0.4 is 0 Å². The number of hydrogen-bond donors (Lipinski definition) is 0. The summed E-state index contributed by atoms with van der Waals surface area (Å²) in [7, 11) is 0. The Morgan fingerprint density at radius 3 is 2.27 bits per heavy atom. The second-order valence-corrected chi connectivity index (χ2v) is 7.29. The zero-order valence-electron chi connectivity index (χ0n) is 16.6. The Hall–Kier alpha value is -3.74. The number of carbonyl (C=O) groups is 3. The molecule has 4 rings (SSSR count). The van der Waals surface area contributed by atoms with Crippen LogP contribution in [0.2, 0.25) is 0 Å². The lowest BCUT2D eigenvalue weighted by molar-refractivity contribution is -0.130. The molecule has 1 saturated heterocycles. The Morgan fingerprint density at radius 1 is 0.900 bits per heavy atom. The van der Waals surface area contributed by atoms with Gasteiger partial charge in [-0.15, -0.1) is 0 Å². The molecule has 0 unspecified atom stereocenters. The van der Waals surface area contributed by atoms with E-state index in [1.54, 1.807) is 63.3 Å². The van der Waals surface area contributed by atoms with Crippen molar-refractivity contribution in [1.82, 2.24) is 19.6 Å². The molecule has 0 radical (unpaired) electrons. The minimum atomic E-state index is -0.545. The van der Waals surface area contributed by atoms with Gasteiger partial charge < -0.3 is 9.80 Å². The summed E-state index contributed by atoms with van der Waals surface area (Å²) in [4.78, 5) is 41.5. The molecule has 0 bridgehead atoms. The number of rotatable bonds is 4. The van der Waals surface area contributed by atoms with Gasteiger partial charge in [0, 0.05) is 49.2 Å². The van der Waals surface area contributed by atoms with E-state index >= 15 is 0 Å². The normalized spacial score (nSPS) is 16.4. The van der Waals surface area contributed by atoms with Crippen LogP contribution in [0.5, 0.6) is 0 Å². The van der Waals surface area contributed by atoms with E-state index in [1.165, 1.54) is 0 Å². The zero-order valence-corrected chi connectivity index (χ0v) is 16.6. The molecule has 3 aromatic rings. The maximum Gasteiger partial charge on any atom is 0.295 e. The molecule has 1 aliphatic rings. The van der Waals surface area contributed by atoms with Crippen molar-refractivity contribution in [3.05, 3.63) is 84.2 Å². The SMILES string of the molecule is C[C@@H]1CN(C(=O)c2ccccc2)CCN1C(=O)C(=O)c1ccc(-n2cccn2)cc1. The number of benzene rings is 2. The fraction of sp³-hybridized carbons (Fsp3) is 0.217. The molecule has 1 aromatic heterocycles. The van der Waals surface area contributed by atoms with Gasteiger partial charge in [0.05, 0.1) is 5.69 Å². The van der Waals surface area contributed by atoms with E-state index in [-0.39, 0.29) is 11.9 Å². The van der Waals surface area contributed by atoms with E-state index in [4.69, 9.17) is 0 Å². The number of Topliss-reactive ketones (excluding diaryl/α,β-unsaturated/α-hetero) is 1. The van der Waals surface area contributed by atoms with Crippen LogP contribution in [0, 0.1) is 0 Å². The van der Waals surface area contributed by atoms with E-state index < -0.39 is 11.7 Å². The molecule has 152 valence electrons. The first kappa shape index (κ1) is 19.6. The highest BCUT2D eigenvalue weighted by atomic mass is 16.2.